The number of benzene rings is 1. The van der Waals surface area contributed by atoms with Crippen LogP contribution in [0.25, 0.3) is 0 Å². The molecule has 1 amide bonds. The number of hydrogen-bond acceptors (Lipinski definition) is 4. The van der Waals surface area contributed by atoms with Crippen LogP contribution in [0.2, 0.25) is 0 Å². The molecule has 2 aliphatic heterocycles. The molecule has 92 valence electrons. The minimum atomic E-state index is -1.12. The van der Waals surface area contributed by atoms with E-state index >= 15 is 0 Å². The number of aliphatic hydroxyl groups excluding tert-OH is 1. The molecule has 3 rings (SSSR count). The number of ether oxygens (including phenoxy) is 1. The van der Waals surface area contributed by atoms with E-state index in [9.17, 15) is 9.90 Å². The van der Waals surface area contributed by atoms with Gasteiger partial charge >= 0.3 is 0 Å². The number of nitrogens with two attached hydrogens (primary N) is 1. The fraction of sp³-hybridized carbons (Fsp3) is 0.364. The molecule has 0 saturated carbocycles. The van der Waals surface area contributed by atoms with Crippen molar-refractivity contribution in [2.45, 2.75) is 18.6 Å². The van der Waals surface area contributed by atoms with Crippen molar-refractivity contribution in [1.82, 2.24) is 0 Å². The molecule has 0 radical (unpaired) electrons. The number of nitrogens with one attached hydrogen (secondary N) is 1. The van der Waals surface area contributed by atoms with Gasteiger partial charge in [0.05, 0.1) is 11.3 Å². The van der Waals surface area contributed by atoms with Crippen molar-refractivity contribution in [2.75, 3.05) is 11.9 Å². The van der Waals surface area contributed by atoms with Crippen molar-refractivity contribution in [1.29, 1.82) is 0 Å². The number of fused-ring (bicyclic) bond motifs is 3. The number of aliphatic hydroxyl groups is 1. The maximum absolute atomic E-state index is 11.3. The minimum absolute atomic E-state index is 0. The summed E-state index contributed by atoms with van der Waals surface area (Å²) in [6.45, 7) is 0.431. The van der Waals surface area contributed by atoms with E-state index in [0.29, 0.717) is 23.5 Å². The summed E-state index contributed by atoms with van der Waals surface area (Å²) in [5, 5.41) is 12.4. The first-order valence-electron chi connectivity index (χ1n) is 5.22. The maximum atomic E-state index is 11.3. The van der Waals surface area contributed by atoms with Crippen molar-refractivity contribution >= 4 is 24.0 Å². The molecule has 0 bridgehead atoms. The van der Waals surface area contributed by atoms with Crippen LogP contribution >= 0.6 is 12.4 Å². The first-order valence-corrected chi connectivity index (χ1v) is 5.22. The molecule has 0 spiro atoms. The van der Waals surface area contributed by atoms with E-state index in [4.69, 9.17) is 10.5 Å². The molecule has 17 heavy (non-hydrogen) atoms. The summed E-state index contributed by atoms with van der Waals surface area (Å²) in [6, 6.07) is 3.70. The van der Waals surface area contributed by atoms with Gasteiger partial charge in [0.1, 0.15) is 11.9 Å². The molecule has 0 aromatic heterocycles. The quantitative estimate of drug-likeness (QED) is 0.677. The van der Waals surface area contributed by atoms with Crippen LogP contribution in [0, 0.1) is 0 Å². The molecule has 0 saturated heterocycles. The molecular weight excluding hydrogens is 244 g/mol. The van der Waals surface area contributed by atoms with Gasteiger partial charge < -0.3 is 20.9 Å². The lowest BCUT2D eigenvalue weighted by atomic mass is 10.0. The van der Waals surface area contributed by atoms with Crippen LogP contribution in [0.3, 0.4) is 0 Å². The van der Waals surface area contributed by atoms with Crippen LogP contribution in [-0.4, -0.2) is 23.7 Å². The van der Waals surface area contributed by atoms with E-state index in [1.54, 1.807) is 6.07 Å². The standard InChI is InChI=1S/C11H12N2O3.ClH/c12-4-6-3-5-1-2-7-8(10(5)16-6)9(14)11(15)13-7;/h1-2,6,9,14H,3-4,12H2,(H,13,15);1H. The first-order chi connectivity index (χ1) is 7.70. The van der Waals surface area contributed by atoms with Gasteiger partial charge in [-0.1, -0.05) is 6.07 Å². The van der Waals surface area contributed by atoms with E-state index in [1.807, 2.05) is 6.07 Å². The van der Waals surface area contributed by atoms with Gasteiger partial charge in [0.25, 0.3) is 5.91 Å². The third-order valence-electron chi connectivity index (χ3n) is 3.05. The molecule has 1 aromatic rings. The third-order valence-corrected chi connectivity index (χ3v) is 3.05. The van der Waals surface area contributed by atoms with Gasteiger partial charge in [-0.15, -0.1) is 12.4 Å². The average Bonchev–Trinajstić information content (AvgIpc) is 2.81. The van der Waals surface area contributed by atoms with Gasteiger partial charge in [-0.25, -0.2) is 0 Å². The van der Waals surface area contributed by atoms with Crippen LogP contribution in [0.1, 0.15) is 17.2 Å². The summed E-state index contributed by atoms with van der Waals surface area (Å²) < 4.78 is 5.64. The van der Waals surface area contributed by atoms with Crippen LogP contribution < -0.4 is 15.8 Å². The zero-order chi connectivity index (χ0) is 11.3. The van der Waals surface area contributed by atoms with Crippen molar-refractivity contribution in [2.24, 2.45) is 5.73 Å². The summed E-state index contributed by atoms with van der Waals surface area (Å²) in [5.41, 5.74) is 7.74. The number of amides is 1. The molecule has 0 fully saturated rings. The highest BCUT2D eigenvalue weighted by Gasteiger charge is 2.36. The van der Waals surface area contributed by atoms with Crippen molar-refractivity contribution < 1.29 is 14.6 Å². The van der Waals surface area contributed by atoms with Gasteiger partial charge in [-0.3, -0.25) is 4.79 Å². The highest BCUT2D eigenvalue weighted by atomic mass is 35.5. The van der Waals surface area contributed by atoms with E-state index < -0.39 is 12.0 Å². The number of halogens is 1. The number of rotatable bonds is 1. The molecule has 2 unspecified atom stereocenters. The lowest BCUT2D eigenvalue weighted by molar-refractivity contribution is -0.123. The largest absolute Gasteiger partial charge is 0.488 e. The Labute approximate surface area is 104 Å². The Kier molecular flexibility index (Phi) is 2.99. The smallest absolute Gasteiger partial charge is 0.258 e. The lowest BCUT2D eigenvalue weighted by Crippen LogP contribution is -2.24. The summed E-state index contributed by atoms with van der Waals surface area (Å²) in [5.74, 6) is 0.224. The van der Waals surface area contributed by atoms with Crippen molar-refractivity contribution in [3.05, 3.63) is 23.3 Å². The summed E-state index contributed by atoms with van der Waals surface area (Å²) in [6.07, 6.45) is -0.439. The van der Waals surface area contributed by atoms with E-state index in [1.165, 1.54) is 0 Å². The Hall–Kier alpha value is -1.30. The molecule has 4 N–H and O–H groups in total. The van der Waals surface area contributed by atoms with Crippen molar-refractivity contribution in [3.8, 4) is 5.75 Å². The Bertz CT molecular complexity index is 478. The average molecular weight is 257 g/mol. The molecular formula is C11H13ClN2O3. The number of hydrogen-bond donors (Lipinski definition) is 3. The fourth-order valence-electron chi connectivity index (χ4n) is 2.24. The Morgan fingerprint density at radius 1 is 1.53 bits per heavy atom. The number of anilines is 1. The number of carbonyl (C=O) groups excluding carboxylic acids is 1. The SMILES string of the molecule is Cl.NCC1Cc2ccc3c(c2O1)C(O)C(=O)N3. The topological polar surface area (TPSA) is 84.6 Å². The predicted molar refractivity (Wildman–Crippen MR) is 64.5 cm³/mol. The molecule has 5 nitrogen and oxygen atoms in total. The third kappa shape index (κ3) is 1.67. The van der Waals surface area contributed by atoms with Gasteiger partial charge in [0.2, 0.25) is 0 Å². The van der Waals surface area contributed by atoms with Gasteiger partial charge in [-0.05, 0) is 11.6 Å². The lowest BCUT2D eigenvalue weighted by Gasteiger charge is -2.10. The molecule has 2 heterocycles. The Balaban J connectivity index is 0.00000108. The monoisotopic (exact) mass is 256 g/mol. The zero-order valence-corrected chi connectivity index (χ0v) is 9.79. The second-order valence-electron chi connectivity index (χ2n) is 4.09. The maximum Gasteiger partial charge on any atom is 0.258 e. The molecule has 1 aromatic carbocycles. The highest BCUT2D eigenvalue weighted by molar-refractivity contribution is 6.02. The summed E-state index contributed by atoms with van der Waals surface area (Å²) >= 11 is 0. The number of carbonyl (C=O) groups is 1. The van der Waals surface area contributed by atoms with E-state index in [0.717, 1.165) is 12.0 Å². The molecule has 2 atom stereocenters. The van der Waals surface area contributed by atoms with Crippen LogP contribution in [0.15, 0.2) is 12.1 Å². The summed E-state index contributed by atoms with van der Waals surface area (Å²) in [7, 11) is 0. The van der Waals surface area contributed by atoms with E-state index in [-0.39, 0.29) is 18.5 Å². The van der Waals surface area contributed by atoms with Crippen molar-refractivity contribution in [3.63, 3.8) is 0 Å². The zero-order valence-electron chi connectivity index (χ0n) is 8.97. The van der Waals surface area contributed by atoms with Gasteiger partial charge in [0.15, 0.2) is 6.10 Å². The molecule has 0 aliphatic carbocycles. The second-order valence-corrected chi connectivity index (χ2v) is 4.09. The first kappa shape index (κ1) is 12.2. The Morgan fingerprint density at radius 2 is 2.29 bits per heavy atom. The minimum Gasteiger partial charge on any atom is -0.488 e. The van der Waals surface area contributed by atoms with E-state index in [2.05, 4.69) is 5.32 Å². The fourth-order valence-corrected chi connectivity index (χ4v) is 2.24. The predicted octanol–water partition coefficient (Wildman–Crippen LogP) is 0.356. The Morgan fingerprint density at radius 3 is 3.00 bits per heavy atom. The second kappa shape index (κ2) is 4.18. The molecule has 2 aliphatic rings. The van der Waals surface area contributed by atoms with Gasteiger partial charge in [0, 0.05) is 13.0 Å². The van der Waals surface area contributed by atoms with Crippen LogP contribution in [0.5, 0.6) is 5.75 Å². The highest BCUT2D eigenvalue weighted by Crippen LogP contribution is 2.43. The van der Waals surface area contributed by atoms with Crippen LogP contribution in [-0.2, 0) is 11.2 Å². The summed E-state index contributed by atoms with van der Waals surface area (Å²) in [4.78, 5) is 11.3. The normalized spacial score (nSPS) is 24.5. The van der Waals surface area contributed by atoms with Gasteiger partial charge in [-0.2, -0.15) is 0 Å². The molecule has 6 heteroatoms. The van der Waals surface area contributed by atoms with Crippen LogP contribution in [0.4, 0.5) is 5.69 Å².